The van der Waals surface area contributed by atoms with Crippen LogP contribution >= 0.6 is 15.9 Å². The number of carbonyl (C=O) groups excluding carboxylic acids is 1. The maximum Gasteiger partial charge on any atom is 0.236 e. The zero-order valence-electron chi connectivity index (χ0n) is 7.71. The van der Waals surface area contributed by atoms with Crippen molar-refractivity contribution in [3.8, 4) is 5.75 Å². The summed E-state index contributed by atoms with van der Waals surface area (Å²) >= 11 is 3.33. The van der Waals surface area contributed by atoms with Gasteiger partial charge >= 0.3 is 0 Å². The Morgan fingerprint density at radius 3 is 2.93 bits per heavy atom. The third-order valence-electron chi connectivity index (χ3n) is 1.62. The number of halogens is 1. The van der Waals surface area contributed by atoms with E-state index in [-0.39, 0.29) is 6.54 Å². The van der Waals surface area contributed by atoms with Crippen LogP contribution in [0.15, 0.2) is 22.7 Å². The molecule has 0 saturated carbocycles. The van der Waals surface area contributed by atoms with Gasteiger partial charge in [0.1, 0.15) is 5.75 Å². The Morgan fingerprint density at radius 1 is 1.64 bits per heavy atom. The van der Waals surface area contributed by atoms with Gasteiger partial charge in [-0.3, -0.25) is 4.79 Å². The summed E-state index contributed by atoms with van der Waals surface area (Å²) < 4.78 is 5.95. The fourth-order valence-corrected chi connectivity index (χ4v) is 1.37. The van der Waals surface area contributed by atoms with E-state index >= 15 is 0 Å². The quantitative estimate of drug-likeness (QED) is 0.857. The topological polar surface area (TPSA) is 64.3 Å². The van der Waals surface area contributed by atoms with E-state index in [0.29, 0.717) is 5.75 Å². The molecule has 0 fully saturated rings. The molecule has 0 aliphatic heterocycles. The zero-order chi connectivity index (χ0) is 10.6. The predicted molar refractivity (Wildman–Crippen MR) is 58.4 cm³/mol. The highest BCUT2D eigenvalue weighted by Crippen LogP contribution is 2.27. The van der Waals surface area contributed by atoms with Gasteiger partial charge in [0.15, 0.2) is 0 Å². The van der Waals surface area contributed by atoms with Gasteiger partial charge in [-0.25, -0.2) is 0 Å². The third kappa shape index (κ3) is 2.92. The smallest absolute Gasteiger partial charge is 0.236 e. The molecule has 4 nitrogen and oxygen atoms in total. The number of benzene rings is 1. The minimum Gasteiger partial charge on any atom is -0.495 e. The Hall–Kier alpha value is -1.23. The van der Waals surface area contributed by atoms with Crippen molar-refractivity contribution < 1.29 is 9.53 Å². The molecule has 0 aliphatic carbocycles. The van der Waals surface area contributed by atoms with Crippen molar-refractivity contribution in [2.75, 3.05) is 19.0 Å². The highest BCUT2D eigenvalue weighted by Gasteiger charge is 2.01. The molecule has 0 spiro atoms. The van der Waals surface area contributed by atoms with Gasteiger partial charge in [-0.15, -0.1) is 0 Å². The van der Waals surface area contributed by atoms with Gasteiger partial charge < -0.3 is 15.8 Å². The number of hydrogen-bond donors (Lipinski definition) is 2. The number of carbonyl (C=O) groups is 1. The number of amides is 1. The maximum absolute atomic E-state index is 10.5. The van der Waals surface area contributed by atoms with E-state index in [1.165, 1.54) is 0 Å². The van der Waals surface area contributed by atoms with E-state index in [9.17, 15) is 4.79 Å². The van der Waals surface area contributed by atoms with E-state index in [0.717, 1.165) is 10.2 Å². The lowest BCUT2D eigenvalue weighted by molar-refractivity contribution is -0.116. The molecule has 1 rings (SSSR count). The predicted octanol–water partition coefficient (Wildman–Crippen LogP) is 1.35. The first kappa shape index (κ1) is 10.8. The first-order valence-corrected chi connectivity index (χ1v) is 4.78. The second-order valence-corrected chi connectivity index (χ2v) is 3.52. The lowest BCUT2D eigenvalue weighted by Gasteiger charge is -2.07. The second kappa shape index (κ2) is 4.85. The number of hydrogen-bond acceptors (Lipinski definition) is 3. The Labute approximate surface area is 90.6 Å². The zero-order valence-corrected chi connectivity index (χ0v) is 9.30. The van der Waals surface area contributed by atoms with Crippen LogP contribution in [0.1, 0.15) is 0 Å². The summed E-state index contributed by atoms with van der Waals surface area (Å²) in [5.41, 5.74) is 5.79. The highest BCUT2D eigenvalue weighted by atomic mass is 79.9. The van der Waals surface area contributed by atoms with Crippen LogP contribution in [0.3, 0.4) is 0 Å². The highest BCUT2D eigenvalue weighted by molar-refractivity contribution is 9.10. The van der Waals surface area contributed by atoms with E-state index in [2.05, 4.69) is 21.2 Å². The van der Waals surface area contributed by atoms with E-state index in [1.54, 1.807) is 13.2 Å². The van der Waals surface area contributed by atoms with E-state index < -0.39 is 5.91 Å². The monoisotopic (exact) mass is 258 g/mol. The molecule has 1 aromatic carbocycles. The van der Waals surface area contributed by atoms with E-state index in [1.807, 2.05) is 12.1 Å². The lowest BCUT2D eigenvalue weighted by Crippen LogP contribution is -2.21. The molecule has 0 unspecified atom stereocenters. The van der Waals surface area contributed by atoms with Crippen LogP contribution in [-0.4, -0.2) is 19.6 Å². The summed E-state index contributed by atoms with van der Waals surface area (Å²) in [5, 5.41) is 2.87. The van der Waals surface area contributed by atoms with Crippen molar-refractivity contribution in [3.63, 3.8) is 0 Å². The molecule has 1 amide bonds. The maximum atomic E-state index is 10.5. The first-order valence-electron chi connectivity index (χ1n) is 3.99. The van der Waals surface area contributed by atoms with Gasteiger partial charge in [0.25, 0.3) is 0 Å². The summed E-state index contributed by atoms with van der Waals surface area (Å²) in [6.45, 7) is 0.116. The molecule has 0 atom stereocenters. The molecule has 0 heterocycles. The van der Waals surface area contributed by atoms with Gasteiger partial charge in [-0.1, -0.05) is 0 Å². The van der Waals surface area contributed by atoms with Crippen molar-refractivity contribution in [2.45, 2.75) is 0 Å². The van der Waals surface area contributed by atoms with Crippen molar-refractivity contribution in [1.29, 1.82) is 0 Å². The number of methoxy groups -OCH3 is 1. The number of anilines is 1. The third-order valence-corrected chi connectivity index (χ3v) is 2.27. The van der Waals surface area contributed by atoms with Crippen molar-refractivity contribution >= 4 is 27.5 Å². The Bertz CT molecular complexity index is 342. The van der Waals surface area contributed by atoms with Crippen LogP contribution < -0.4 is 15.8 Å². The Balaban J connectivity index is 2.74. The fraction of sp³-hybridized carbons (Fsp3) is 0.222. The average Bonchev–Trinajstić information content (AvgIpc) is 2.16. The number of ether oxygens (including phenoxy) is 1. The molecule has 0 aliphatic rings. The van der Waals surface area contributed by atoms with Crippen LogP contribution in [0.4, 0.5) is 5.69 Å². The molecule has 5 heteroatoms. The number of nitrogens with two attached hydrogens (primary N) is 1. The summed E-state index contributed by atoms with van der Waals surface area (Å²) in [4.78, 5) is 10.5. The largest absolute Gasteiger partial charge is 0.495 e. The summed E-state index contributed by atoms with van der Waals surface area (Å²) in [6.07, 6.45) is 0. The van der Waals surface area contributed by atoms with Crippen molar-refractivity contribution in [1.82, 2.24) is 0 Å². The van der Waals surface area contributed by atoms with Gasteiger partial charge in [0.2, 0.25) is 5.91 Å². The van der Waals surface area contributed by atoms with Gasteiger partial charge in [0.05, 0.1) is 18.1 Å². The number of nitrogens with one attached hydrogen (secondary N) is 1. The van der Waals surface area contributed by atoms with E-state index in [4.69, 9.17) is 10.5 Å². The molecule has 14 heavy (non-hydrogen) atoms. The molecule has 76 valence electrons. The van der Waals surface area contributed by atoms with Gasteiger partial charge in [-0.2, -0.15) is 0 Å². The van der Waals surface area contributed by atoms with Crippen molar-refractivity contribution in [3.05, 3.63) is 22.7 Å². The molecule has 0 saturated heterocycles. The average molecular weight is 259 g/mol. The van der Waals surface area contributed by atoms with Crippen LogP contribution in [0, 0.1) is 0 Å². The molecule has 3 N–H and O–H groups in total. The van der Waals surface area contributed by atoms with Crippen molar-refractivity contribution in [2.24, 2.45) is 5.73 Å². The molecule has 0 radical (unpaired) electrons. The minimum atomic E-state index is -0.396. The number of rotatable bonds is 4. The fourth-order valence-electron chi connectivity index (χ4n) is 0.959. The molecule has 1 aromatic rings. The number of primary amides is 1. The van der Waals surface area contributed by atoms with Crippen LogP contribution in [0.5, 0.6) is 5.75 Å². The molecular weight excluding hydrogens is 248 g/mol. The van der Waals surface area contributed by atoms with Crippen LogP contribution in [-0.2, 0) is 4.79 Å². The Kier molecular flexibility index (Phi) is 3.76. The molecular formula is C9H11BrN2O2. The SMILES string of the molecule is COc1cc(NCC(N)=O)ccc1Br. The second-order valence-electron chi connectivity index (χ2n) is 2.67. The van der Waals surface area contributed by atoms with Gasteiger partial charge in [-0.05, 0) is 28.1 Å². The molecule has 0 aromatic heterocycles. The van der Waals surface area contributed by atoms with Crippen LogP contribution in [0.2, 0.25) is 0 Å². The Morgan fingerprint density at radius 2 is 2.36 bits per heavy atom. The first-order chi connectivity index (χ1) is 6.63. The lowest BCUT2D eigenvalue weighted by atomic mass is 10.3. The minimum absolute atomic E-state index is 0.116. The normalized spacial score (nSPS) is 9.57. The standard InChI is InChI=1S/C9H11BrN2O2/c1-14-8-4-6(2-3-7(8)10)12-5-9(11)13/h2-4,12H,5H2,1H3,(H2,11,13). The summed E-state index contributed by atoms with van der Waals surface area (Å²) in [6, 6.07) is 5.45. The summed E-state index contributed by atoms with van der Waals surface area (Å²) in [7, 11) is 1.58. The van der Waals surface area contributed by atoms with Gasteiger partial charge in [0, 0.05) is 11.8 Å². The summed E-state index contributed by atoms with van der Waals surface area (Å²) in [5.74, 6) is 0.311. The molecule has 0 bridgehead atoms. The van der Waals surface area contributed by atoms with Crippen LogP contribution in [0.25, 0.3) is 0 Å².